The zero-order valence-electron chi connectivity index (χ0n) is 8.80. The van der Waals surface area contributed by atoms with Crippen molar-refractivity contribution in [3.63, 3.8) is 0 Å². The van der Waals surface area contributed by atoms with Crippen LogP contribution in [-0.2, 0) is 0 Å². The minimum absolute atomic E-state index is 1.06. The summed E-state index contributed by atoms with van der Waals surface area (Å²) < 4.78 is 2.09. The molecule has 0 fully saturated rings. The maximum absolute atomic E-state index is 3.21. The van der Waals surface area contributed by atoms with Gasteiger partial charge < -0.3 is 0 Å². The Kier molecular flexibility index (Phi) is 2.15. The van der Waals surface area contributed by atoms with E-state index in [9.17, 15) is 0 Å². The highest BCUT2D eigenvalue weighted by molar-refractivity contribution is 5.80. The minimum Gasteiger partial charge on any atom is -0.190 e. The summed E-state index contributed by atoms with van der Waals surface area (Å²) in [6.07, 6.45) is 4.19. The first-order valence-corrected chi connectivity index (χ1v) is 5.31. The van der Waals surface area contributed by atoms with Crippen molar-refractivity contribution in [1.82, 2.24) is 0 Å². The molecule has 3 aromatic rings. The van der Waals surface area contributed by atoms with E-state index in [0.717, 1.165) is 5.69 Å². The Morgan fingerprint density at radius 3 is 2.44 bits per heavy atom. The van der Waals surface area contributed by atoms with E-state index >= 15 is 0 Å². The molecule has 16 heavy (non-hydrogen) atoms. The van der Waals surface area contributed by atoms with E-state index in [4.69, 9.17) is 0 Å². The molecule has 76 valence electrons. The Labute approximate surface area is 94.6 Å². The van der Waals surface area contributed by atoms with Gasteiger partial charge in [-0.25, -0.2) is 0 Å². The lowest BCUT2D eigenvalue weighted by Gasteiger charge is -2.01. The normalized spacial score (nSPS) is 10.5. The first kappa shape index (κ1) is 9.10. The van der Waals surface area contributed by atoms with Gasteiger partial charge in [-0.3, -0.25) is 0 Å². The van der Waals surface area contributed by atoms with Crippen LogP contribution >= 0.6 is 0 Å². The third-order valence-corrected chi connectivity index (χ3v) is 2.66. The Bertz CT molecular complexity index is 614. The number of hydrogen-bond acceptors (Lipinski definition) is 0. The molecule has 0 aliphatic heterocycles. The van der Waals surface area contributed by atoms with E-state index in [1.54, 1.807) is 0 Å². The SMILES string of the molecule is [c-]1ccccc1-[n+]1ccc2ccccc2c1. The number of hydrogen-bond donors (Lipinski definition) is 0. The predicted octanol–water partition coefficient (Wildman–Crippen LogP) is 2.92. The molecule has 1 nitrogen and oxygen atoms in total. The molecule has 1 heterocycles. The summed E-state index contributed by atoms with van der Waals surface area (Å²) in [7, 11) is 0. The van der Waals surface area contributed by atoms with Gasteiger partial charge in [0.15, 0.2) is 12.4 Å². The van der Waals surface area contributed by atoms with E-state index in [-0.39, 0.29) is 0 Å². The molecule has 0 radical (unpaired) electrons. The fraction of sp³-hybridized carbons (Fsp3) is 0. The van der Waals surface area contributed by atoms with Gasteiger partial charge in [0, 0.05) is 11.5 Å². The summed E-state index contributed by atoms with van der Waals surface area (Å²) in [4.78, 5) is 0. The van der Waals surface area contributed by atoms with Crippen LogP contribution in [0.25, 0.3) is 16.5 Å². The first-order valence-electron chi connectivity index (χ1n) is 5.31. The van der Waals surface area contributed by atoms with Crippen LogP contribution in [0.1, 0.15) is 0 Å². The van der Waals surface area contributed by atoms with E-state index in [1.807, 2.05) is 18.2 Å². The molecule has 0 unspecified atom stereocenters. The maximum atomic E-state index is 3.21. The molecule has 0 N–H and O–H groups in total. The molecule has 3 rings (SSSR count). The molecule has 0 aliphatic rings. The van der Waals surface area contributed by atoms with Crippen molar-refractivity contribution in [1.29, 1.82) is 0 Å². The quantitative estimate of drug-likeness (QED) is 0.425. The summed E-state index contributed by atoms with van der Waals surface area (Å²) in [5.41, 5.74) is 1.06. The Morgan fingerprint density at radius 2 is 1.62 bits per heavy atom. The van der Waals surface area contributed by atoms with Gasteiger partial charge in [-0.1, -0.05) is 24.3 Å². The number of rotatable bonds is 1. The lowest BCUT2D eigenvalue weighted by molar-refractivity contribution is -0.594. The van der Waals surface area contributed by atoms with Crippen molar-refractivity contribution < 1.29 is 4.57 Å². The summed E-state index contributed by atoms with van der Waals surface area (Å²) >= 11 is 0. The standard InChI is InChI=1S/C15H11N/c1-2-8-15(9-3-1)16-11-10-13-6-4-5-7-14(13)12-16/h1-8,10-12H. The molecule has 1 heteroatoms. The van der Waals surface area contributed by atoms with Crippen LogP contribution in [0.15, 0.2) is 67.0 Å². The molecule has 0 amide bonds. The lowest BCUT2D eigenvalue weighted by Crippen LogP contribution is -2.29. The van der Waals surface area contributed by atoms with Gasteiger partial charge in [0.2, 0.25) is 0 Å². The predicted molar refractivity (Wildman–Crippen MR) is 64.3 cm³/mol. The topological polar surface area (TPSA) is 3.88 Å². The van der Waals surface area contributed by atoms with Crippen molar-refractivity contribution >= 4 is 10.8 Å². The van der Waals surface area contributed by atoms with Crippen molar-refractivity contribution in [2.75, 3.05) is 0 Å². The average Bonchev–Trinajstić information content (AvgIpc) is 2.39. The summed E-state index contributed by atoms with van der Waals surface area (Å²) in [6.45, 7) is 0. The Morgan fingerprint density at radius 1 is 0.812 bits per heavy atom. The largest absolute Gasteiger partial charge is 0.190 e. The van der Waals surface area contributed by atoms with Gasteiger partial charge in [-0.15, -0.1) is 6.07 Å². The van der Waals surface area contributed by atoms with Gasteiger partial charge in [-0.2, -0.15) is 22.8 Å². The molecule has 1 aromatic heterocycles. The lowest BCUT2D eigenvalue weighted by atomic mass is 10.2. The highest BCUT2D eigenvalue weighted by Crippen LogP contribution is 2.10. The van der Waals surface area contributed by atoms with E-state index in [0.29, 0.717) is 0 Å². The van der Waals surface area contributed by atoms with E-state index < -0.39 is 0 Å². The van der Waals surface area contributed by atoms with Crippen molar-refractivity contribution in [2.45, 2.75) is 0 Å². The summed E-state index contributed by atoms with van der Waals surface area (Å²) in [5, 5.41) is 2.50. The fourth-order valence-corrected chi connectivity index (χ4v) is 1.83. The highest BCUT2D eigenvalue weighted by Gasteiger charge is 2.01. The van der Waals surface area contributed by atoms with Gasteiger partial charge in [0.1, 0.15) is 5.69 Å². The van der Waals surface area contributed by atoms with Crippen LogP contribution in [0.5, 0.6) is 0 Å². The molecular weight excluding hydrogens is 194 g/mol. The average molecular weight is 205 g/mol. The van der Waals surface area contributed by atoms with E-state index in [2.05, 4.69) is 59.4 Å². The van der Waals surface area contributed by atoms with Gasteiger partial charge >= 0.3 is 0 Å². The number of fused-ring (bicyclic) bond motifs is 1. The Balaban J connectivity index is 2.19. The third kappa shape index (κ3) is 1.57. The van der Waals surface area contributed by atoms with Gasteiger partial charge in [0.05, 0.1) is 0 Å². The first-order chi connectivity index (χ1) is 7.93. The van der Waals surface area contributed by atoms with Crippen molar-refractivity contribution in [3.8, 4) is 5.69 Å². The third-order valence-electron chi connectivity index (χ3n) is 2.66. The zero-order valence-corrected chi connectivity index (χ0v) is 8.80. The smallest absolute Gasteiger partial charge is 0.180 e. The minimum atomic E-state index is 1.06. The van der Waals surface area contributed by atoms with Crippen molar-refractivity contribution in [3.05, 3.63) is 73.1 Å². The second kappa shape index (κ2) is 3.78. The molecule has 0 atom stereocenters. The van der Waals surface area contributed by atoms with Crippen LogP contribution in [0, 0.1) is 6.07 Å². The zero-order chi connectivity index (χ0) is 10.8. The second-order valence-corrected chi connectivity index (χ2v) is 3.73. The van der Waals surface area contributed by atoms with Gasteiger partial charge in [-0.05, 0) is 11.5 Å². The molecule has 0 aliphatic carbocycles. The monoisotopic (exact) mass is 205 g/mol. The number of pyridine rings is 1. The molecule has 0 saturated carbocycles. The van der Waals surface area contributed by atoms with E-state index in [1.165, 1.54) is 10.8 Å². The molecular formula is C15H11N. The second-order valence-electron chi connectivity index (χ2n) is 3.73. The maximum Gasteiger partial charge on any atom is 0.180 e. The van der Waals surface area contributed by atoms with Crippen LogP contribution in [0.3, 0.4) is 0 Å². The number of aromatic nitrogens is 1. The van der Waals surface area contributed by atoms with Gasteiger partial charge in [0.25, 0.3) is 0 Å². The van der Waals surface area contributed by atoms with Crippen LogP contribution in [0.2, 0.25) is 0 Å². The van der Waals surface area contributed by atoms with Crippen LogP contribution < -0.4 is 4.57 Å². The van der Waals surface area contributed by atoms with Crippen molar-refractivity contribution in [2.24, 2.45) is 0 Å². The molecule has 0 saturated heterocycles. The summed E-state index contributed by atoms with van der Waals surface area (Å²) in [5.74, 6) is 0. The highest BCUT2D eigenvalue weighted by atomic mass is 14.9. The van der Waals surface area contributed by atoms with Crippen LogP contribution in [-0.4, -0.2) is 0 Å². The summed E-state index contributed by atoms with van der Waals surface area (Å²) in [6, 6.07) is 21.7. The number of nitrogens with zero attached hydrogens (tertiary/aromatic N) is 1. The number of benzene rings is 2. The molecule has 2 aromatic carbocycles. The number of para-hydroxylation sites is 1. The fourth-order valence-electron chi connectivity index (χ4n) is 1.83. The van der Waals surface area contributed by atoms with Crippen LogP contribution in [0.4, 0.5) is 0 Å². The molecule has 0 bridgehead atoms. The Hall–Kier alpha value is -2.15. The molecule has 0 spiro atoms.